The molecule has 2 N–H and O–H groups in total. The third-order valence-electron chi connectivity index (χ3n) is 7.82. The Bertz CT molecular complexity index is 1250. The van der Waals surface area contributed by atoms with Gasteiger partial charge < -0.3 is 20.3 Å². The topological polar surface area (TPSA) is 108 Å². The molecule has 1 aromatic carbocycles. The lowest BCUT2D eigenvalue weighted by molar-refractivity contribution is -0.134. The van der Waals surface area contributed by atoms with Gasteiger partial charge in [-0.25, -0.2) is 14.0 Å². The molecule has 9 nitrogen and oxygen atoms in total. The van der Waals surface area contributed by atoms with Crippen molar-refractivity contribution in [1.82, 2.24) is 20.4 Å². The average molecular weight is 575 g/mol. The summed E-state index contributed by atoms with van der Waals surface area (Å²) in [6, 6.07) is 3.72. The minimum absolute atomic E-state index is 0.0343. The Labute approximate surface area is 222 Å². The smallest absolute Gasteiger partial charge is 0.411 e. The van der Waals surface area contributed by atoms with E-state index in [2.05, 4.69) is 26.6 Å². The van der Waals surface area contributed by atoms with E-state index in [0.29, 0.717) is 22.9 Å². The molecule has 2 heterocycles. The first-order chi connectivity index (χ1) is 17.6. The van der Waals surface area contributed by atoms with E-state index >= 15 is 0 Å². The highest BCUT2D eigenvalue weighted by Crippen LogP contribution is 2.48. The minimum Gasteiger partial charge on any atom is -0.436 e. The van der Waals surface area contributed by atoms with E-state index in [4.69, 9.17) is 4.74 Å². The van der Waals surface area contributed by atoms with Crippen LogP contribution in [0.15, 0.2) is 46.1 Å². The van der Waals surface area contributed by atoms with Gasteiger partial charge in [-0.2, -0.15) is 0 Å². The van der Waals surface area contributed by atoms with Crippen LogP contribution in [0, 0.1) is 11.7 Å². The molecule has 4 aliphatic rings. The highest BCUT2D eigenvalue weighted by molar-refractivity contribution is 9.10. The van der Waals surface area contributed by atoms with E-state index in [9.17, 15) is 23.6 Å². The molecule has 1 aromatic rings. The lowest BCUT2D eigenvalue weighted by Crippen LogP contribution is -2.44. The fraction of sp³-hybridized carbons (Fsp3) is 0.462. The van der Waals surface area contributed by atoms with Crippen molar-refractivity contribution < 1.29 is 28.3 Å². The third kappa shape index (κ3) is 4.43. The first kappa shape index (κ1) is 25.4. The van der Waals surface area contributed by atoms with Crippen LogP contribution < -0.4 is 10.6 Å². The standard InChI is InChI=1S/C26H28BrFN4O5/c1-14-3-8-21(17-5-4-15(28)11-19(17)27)32(14)22(33)12-31-13-26(37-25(31)36)10-9-16-18(26)6-7-20(23(16)34)30-24(35)29-2/h4-7,11,14,16,21H,3,8-10,12-13H2,1-2H3,(H2,29,30,35)/t14?,16?,21?,26-/m0/s1. The normalized spacial score (nSPS) is 28.7. The monoisotopic (exact) mass is 574 g/mol. The maximum atomic E-state index is 13.6. The van der Waals surface area contributed by atoms with Crippen LogP contribution in [0.1, 0.15) is 44.2 Å². The Kier molecular flexibility index (Phi) is 6.59. The first-order valence-corrected chi connectivity index (χ1v) is 13.1. The maximum absolute atomic E-state index is 13.6. The molecule has 196 valence electrons. The van der Waals surface area contributed by atoms with E-state index in [1.807, 2.05) is 6.92 Å². The first-order valence-electron chi connectivity index (χ1n) is 12.3. The number of likely N-dealkylation sites (tertiary alicyclic amines) is 1. The number of ketones is 1. The number of rotatable bonds is 4. The van der Waals surface area contributed by atoms with Gasteiger partial charge in [-0.3, -0.25) is 14.5 Å². The van der Waals surface area contributed by atoms with Gasteiger partial charge in [-0.15, -0.1) is 0 Å². The number of urea groups is 1. The SMILES string of the molecule is CNC(=O)NC1=CC=C2C(CC[C@]23CN(CC(=O)N2C(C)CCC2c2ccc(F)cc2Br)C(=O)O3)C1=O. The Balaban J connectivity index is 1.32. The fourth-order valence-corrected chi connectivity index (χ4v) is 6.64. The Morgan fingerprint density at radius 2 is 2.00 bits per heavy atom. The second kappa shape index (κ2) is 9.59. The molecule has 37 heavy (non-hydrogen) atoms. The van der Waals surface area contributed by atoms with E-state index in [1.54, 1.807) is 17.0 Å². The summed E-state index contributed by atoms with van der Waals surface area (Å²) in [5.74, 6) is -1.27. The summed E-state index contributed by atoms with van der Waals surface area (Å²) in [6.45, 7) is 1.99. The van der Waals surface area contributed by atoms with Crippen LogP contribution in [0.25, 0.3) is 0 Å². The number of carbonyl (C=O) groups excluding carboxylic acids is 4. The van der Waals surface area contributed by atoms with E-state index in [-0.39, 0.29) is 48.4 Å². The van der Waals surface area contributed by atoms with Crippen LogP contribution in [0.5, 0.6) is 0 Å². The van der Waals surface area contributed by atoms with E-state index in [0.717, 1.165) is 18.4 Å². The van der Waals surface area contributed by atoms with Gasteiger partial charge in [0.2, 0.25) is 5.91 Å². The number of benzene rings is 1. The van der Waals surface area contributed by atoms with Crippen molar-refractivity contribution in [2.24, 2.45) is 5.92 Å². The molecule has 2 aliphatic carbocycles. The fourth-order valence-electron chi connectivity index (χ4n) is 6.03. The molecule has 0 radical (unpaired) electrons. The lowest BCUT2D eigenvalue weighted by Gasteiger charge is -2.31. The summed E-state index contributed by atoms with van der Waals surface area (Å²) in [4.78, 5) is 54.2. The molecule has 11 heteroatoms. The van der Waals surface area contributed by atoms with Gasteiger partial charge in [-0.1, -0.05) is 28.1 Å². The van der Waals surface area contributed by atoms with Crippen molar-refractivity contribution in [3.05, 3.63) is 57.5 Å². The van der Waals surface area contributed by atoms with Gasteiger partial charge in [0, 0.05) is 23.5 Å². The molecule has 3 unspecified atom stereocenters. The Morgan fingerprint density at radius 1 is 1.22 bits per heavy atom. The van der Waals surface area contributed by atoms with Gasteiger partial charge in [0.25, 0.3) is 0 Å². The predicted molar refractivity (Wildman–Crippen MR) is 135 cm³/mol. The van der Waals surface area contributed by atoms with Crippen LogP contribution in [0.2, 0.25) is 0 Å². The summed E-state index contributed by atoms with van der Waals surface area (Å²) >= 11 is 3.42. The number of nitrogens with one attached hydrogen (secondary N) is 2. The zero-order chi connectivity index (χ0) is 26.5. The zero-order valence-corrected chi connectivity index (χ0v) is 22.1. The molecule has 3 fully saturated rings. The quantitative estimate of drug-likeness (QED) is 0.571. The number of Topliss-reactive ketones (excluding diaryl/α,β-unsaturated/α-hetero) is 1. The third-order valence-corrected chi connectivity index (χ3v) is 8.50. The molecule has 1 spiro atoms. The molecule has 4 atom stereocenters. The van der Waals surface area contributed by atoms with Crippen LogP contribution in [-0.4, -0.2) is 65.4 Å². The number of halogens is 2. The second-order valence-electron chi connectivity index (χ2n) is 9.99. The molecule has 2 saturated heterocycles. The molecule has 4 amide bonds. The van der Waals surface area contributed by atoms with Gasteiger partial charge in [0.1, 0.15) is 12.4 Å². The van der Waals surface area contributed by atoms with Gasteiger partial charge in [0.15, 0.2) is 11.4 Å². The van der Waals surface area contributed by atoms with Crippen LogP contribution in [-0.2, 0) is 14.3 Å². The van der Waals surface area contributed by atoms with E-state index in [1.165, 1.54) is 30.2 Å². The minimum atomic E-state index is -0.969. The summed E-state index contributed by atoms with van der Waals surface area (Å²) in [5.41, 5.74) is 0.758. The maximum Gasteiger partial charge on any atom is 0.411 e. The van der Waals surface area contributed by atoms with E-state index < -0.39 is 23.6 Å². The Morgan fingerprint density at radius 3 is 2.73 bits per heavy atom. The van der Waals surface area contributed by atoms with Gasteiger partial charge in [-0.05, 0) is 62.0 Å². The van der Waals surface area contributed by atoms with Crippen molar-refractivity contribution in [2.45, 2.75) is 50.3 Å². The van der Waals surface area contributed by atoms with Crippen LogP contribution in [0.3, 0.4) is 0 Å². The number of ether oxygens (including phenoxy) is 1. The summed E-state index contributed by atoms with van der Waals surface area (Å²) in [6.07, 6.45) is 5.16. The van der Waals surface area contributed by atoms with Crippen LogP contribution in [0.4, 0.5) is 14.0 Å². The largest absolute Gasteiger partial charge is 0.436 e. The molecule has 0 bridgehead atoms. The molecular formula is C26H28BrFN4O5. The van der Waals surface area contributed by atoms with Crippen molar-refractivity contribution in [3.8, 4) is 0 Å². The summed E-state index contributed by atoms with van der Waals surface area (Å²) < 4.78 is 20.1. The predicted octanol–water partition coefficient (Wildman–Crippen LogP) is 3.56. The number of hydrogen-bond acceptors (Lipinski definition) is 5. The number of nitrogens with zero attached hydrogens (tertiary/aromatic N) is 2. The summed E-state index contributed by atoms with van der Waals surface area (Å²) in [5, 5.41) is 4.96. The molecule has 5 rings (SSSR count). The Hall–Kier alpha value is -3.21. The molecule has 1 saturated carbocycles. The van der Waals surface area contributed by atoms with Crippen molar-refractivity contribution >= 4 is 39.7 Å². The highest BCUT2D eigenvalue weighted by Gasteiger charge is 2.56. The van der Waals surface area contributed by atoms with Crippen LogP contribution >= 0.6 is 15.9 Å². The van der Waals surface area contributed by atoms with Gasteiger partial charge >= 0.3 is 12.1 Å². The highest BCUT2D eigenvalue weighted by atomic mass is 79.9. The average Bonchev–Trinajstić information content (AvgIpc) is 3.51. The zero-order valence-electron chi connectivity index (χ0n) is 20.6. The number of amides is 4. The molecular weight excluding hydrogens is 547 g/mol. The van der Waals surface area contributed by atoms with Crippen molar-refractivity contribution in [2.75, 3.05) is 20.1 Å². The second-order valence-corrected chi connectivity index (χ2v) is 10.8. The molecule has 2 aliphatic heterocycles. The molecule has 0 aromatic heterocycles. The number of allylic oxidation sites excluding steroid dienone is 3. The summed E-state index contributed by atoms with van der Waals surface area (Å²) in [7, 11) is 1.46. The van der Waals surface area contributed by atoms with Crippen molar-refractivity contribution in [1.29, 1.82) is 0 Å². The lowest BCUT2D eigenvalue weighted by atomic mass is 9.85. The number of carbonyl (C=O) groups is 4. The number of fused-ring (bicyclic) bond motifs is 2. The number of hydrogen-bond donors (Lipinski definition) is 2. The van der Waals surface area contributed by atoms with Gasteiger partial charge in [0.05, 0.1) is 18.3 Å². The van der Waals surface area contributed by atoms with Crippen molar-refractivity contribution in [3.63, 3.8) is 0 Å².